The van der Waals surface area contributed by atoms with E-state index >= 15 is 0 Å². The molecule has 0 aromatic heterocycles. The quantitative estimate of drug-likeness (QED) is 0.296. The molecule has 0 saturated heterocycles. The van der Waals surface area contributed by atoms with Gasteiger partial charge in [0, 0.05) is 30.8 Å². The Morgan fingerprint density at radius 3 is 2.50 bits per heavy atom. The van der Waals surface area contributed by atoms with Crippen molar-refractivity contribution in [3.63, 3.8) is 0 Å². The second kappa shape index (κ2) is 12.0. The molecule has 1 fully saturated rings. The standard InChI is InChI=1S/C20H38N4O2/c1-5-16(24-17-9-7-6-8-10-17)11-12-23-19(22)18(13-15(4)21)20(25)26-14(2)3/h14,16-18,21,24H,5-13H2,1-4H3,(H2,22,23). The minimum Gasteiger partial charge on any atom is -0.462 e. The molecule has 0 aliphatic heterocycles. The van der Waals surface area contributed by atoms with E-state index in [2.05, 4.69) is 17.2 Å². The fourth-order valence-electron chi connectivity index (χ4n) is 3.40. The van der Waals surface area contributed by atoms with Gasteiger partial charge in [-0.25, -0.2) is 0 Å². The Hall–Kier alpha value is -1.43. The highest BCUT2D eigenvalue weighted by atomic mass is 16.5. The number of hydrogen-bond donors (Lipinski definition) is 3. The van der Waals surface area contributed by atoms with Crippen LogP contribution in [0.4, 0.5) is 0 Å². The summed E-state index contributed by atoms with van der Waals surface area (Å²) in [6.07, 6.45) is 8.56. The van der Waals surface area contributed by atoms with Crippen LogP contribution < -0.4 is 11.1 Å². The van der Waals surface area contributed by atoms with Crippen LogP contribution in [0.3, 0.4) is 0 Å². The molecule has 150 valence electrons. The third-order valence-corrected chi connectivity index (χ3v) is 4.85. The molecule has 0 heterocycles. The lowest BCUT2D eigenvalue weighted by molar-refractivity contribution is -0.149. The highest BCUT2D eigenvalue weighted by molar-refractivity contribution is 6.03. The number of nitrogens with zero attached hydrogens (tertiary/aromatic N) is 1. The molecular formula is C20H38N4O2. The maximum Gasteiger partial charge on any atom is 0.317 e. The van der Waals surface area contributed by atoms with Crippen molar-refractivity contribution in [2.24, 2.45) is 16.6 Å². The Labute approximate surface area is 158 Å². The van der Waals surface area contributed by atoms with Gasteiger partial charge in [-0.15, -0.1) is 0 Å². The maximum atomic E-state index is 12.3. The monoisotopic (exact) mass is 366 g/mol. The van der Waals surface area contributed by atoms with Crippen LogP contribution in [0.25, 0.3) is 0 Å². The molecule has 0 aromatic carbocycles. The van der Waals surface area contributed by atoms with Crippen LogP contribution in [-0.4, -0.2) is 42.2 Å². The molecule has 1 aliphatic carbocycles. The molecule has 0 spiro atoms. The predicted molar refractivity (Wildman–Crippen MR) is 108 cm³/mol. The first kappa shape index (κ1) is 22.6. The molecule has 6 nitrogen and oxygen atoms in total. The lowest BCUT2D eigenvalue weighted by Gasteiger charge is -2.27. The first-order valence-corrected chi connectivity index (χ1v) is 10.1. The van der Waals surface area contributed by atoms with Gasteiger partial charge in [-0.05, 0) is 46.5 Å². The topological polar surface area (TPSA) is 101 Å². The number of carbonyl (C=O) groups is 1. The average Bonchev–Trinajstić information content (AvgIpc) is 2.58. The van der Waals surface area contributed by atoms with E-state index in [0.717, 1.165) is 12.8 Å². The van der Waals surface area contributed by atoms with E-state index in [0.29, 0.717) is 24.3 Å². The smallest absolute Gasteiger partial charge is 0.317 e. The van der Waals surface area contributed by atoms with Crippen molar-refractivity contribution in [1.29, 1.82) is 5.41 Å². The summed E-state index contributed by atoms with van der Waals surface area (Å²) < 4.78 is 5.27. The molecular weight excluding hydrogens is 328 g/mol. The Kier molecular flexibility index (Phi) is 10.5. The number of amidine groups is 1. The van der Waals surface area contributed by atoms with Crippen LogP contribution in [-0.2, 0) is 9.53 Å². The maximum absolute atomic E-state index is 12.3. The lowest BCUT2D eigenvalue weighted by atomic mass is 9.94. The number of aliphatic imine (C=N–C) groups is 1. The molecule has 0 radical (unpaired) electrons. The van der Waals surface area contributed by atoms with E-state index in [4.69, 9.17) is 15.9 Å². The van der Waals surface area contributed by atoms with Gasteiger partial charge in [0.1, 0.15) is 11.8 Å². The zero-order chi connectivity index (χ0) is 19.5. The van der Waals surface area contributed by atoms with Crippen molar-refractivity contribution in [3.05, 3.63) is 0 Å². The summed E-state index contributed by atoms with van der Waals surface area (Å²) in [5.41, 5.74) is 6.49. The normalized spacial score (nSPS) is 18.6. The predicted octanol–water partition coefficient (Wildman–Crippen LogP) is 3.43. The molecule has 6 heteroatoms. The summed E-state index contributed by atoms with van der Waals surface area (Å²) >= 11 is 0. The molecule has 1 saturated carbocycles. The van der Waals surface area contributed by atoms with Crippen molar-refractivity contribution in [3.8, 4) is 0 Å². The van der Waals surface area contributed by atoms with Crippen LogP contribution >= 0.6 is 0 Å². The van der Waals surface area contributed by atoms with Gasteiger partial charge >= 0.3 is 5.97 Å². The summed E-state index contributed by atoms with van der Waals surface area (Å²) in [5.74, 6) is -0.753. The number of rotatable bonds is 11. The van der Waals surface area contributed by atoms with Gasteiger partial charge in [-0.2, -0.15) is 0 Å². The van der Waals surface area contributed by atoms with Crippen LogP contribution in [0.15, 0.2) is 4.99 Å². The second-order valence-corrected chi connectivity index (χ2v) is 7.72. The van der Waals surface area contributed by atoms with Gasteiger partial charge in [0.15, 0.2) is 0 Å². The SMILES string of the molecule is CCC(CCN=C(N)C(CC(C)=N)C(=O)OC(C)C)NC1CCCCC1. The minimum atomic E-state index is -0.652. The first-order valence-electron chi connectivity index (χ1n) is 10.1. The Morgan fingerprint density at radius 1 is 1.31 bits per heavy atom. The van der Waals surface area contributed by atoms with Crippen molar-refractivity contribution in [2.45, 2.75) is 97.2 Å². The number of nitrogens with one attached hydrogen (secondary N) is 2. The van der Waals surface area contributed by atoms with Crippen molar-refractivity contribution < 1.29 is 9.53 Å². The number of nitrogens with two attached hydrogens (primary N) is 1. The van der Waals surface area contributed by atoms with Crippen LogP contribution in [0.5, 0.6) is 0 Å². The summed E-state index contributed by atoms with van der Waals surface area (Å²) in [5, 5.41) is 11.4. The molecule has 0 bridgehead atoms. The van der Waals surface area contributed by atoms with E-state index in [1.54, 1.807) is 6.92 Å². The van der Waals surface area contributed by atoms with Gasteiger partial charge in [0.25, 0.3) is 0 Å². The van der Waals surface area contributed by atoms with Gasteiger partial charge in [-0.1, -0.05) is 26.2 Å². The number of hydrogen-bond acceptors (Lipinski definition) is 5. The third-order valence-electron chi connectivity index (χ3n) is 4.85. The fraction of sp³-hybridized carbons (Fsp3) is 0.850. The number of carbonyl (C=O) groups excluding carboxylic acids is 1. The third kappa shape index (κ3) is 8.79. The molecule has 2 atom stereocenters. The number of esters is 1. The Balaban J connectivity index is 2.57. The summed E-state index contributed by atoms with van der Waals surface area (Å²) in [7, 11) is 0. The molecule has 0 aromatic rings. The zero-order valence-electron chi connectivity index (χ0n) is 17.0. The summed E-state index contributed by atoms with van der Waals surface area (Å²) in [6, 6.07) is 1.06. The zero-order valence-corrected chi connectivity index (χ0v) is 17.0. The second-order valence-electron chi connectivity index (χ2n) is 7.72. The molecule has 0 amide bonds. The molecule has 4 N–H and O–H groups in total. The van der Waals surface area contributed by atoms with E-state index < -0.39 is 5.92 Å². The van der Waals surface area contributed by atoms with E-state index in [1.165, 1.54) is 32.1 Å². The van der Waals surface area contributed by atoms with Crippen molar-refractivity contribution in [2.75, 3.05) is 6.54 Å². The van der Waals surface area contributed by atoms with Gasteiger partial charge < -0.3 is 21.2 Å². The highest BCUT2D eigenvalue weighted by Crippen LogP contribution is 2.19. The van der Waals surface area contributed by atoms with Gasteiger partial charge in [0.2, 0.25) is 0 Å². The van der Waals surface area contributed by atoms with Crippen LogP contribution in [0.2, 0.25) is 0 Å². The minimum absolute atomic E-state index is 0.201. The Morgan fingerprint density at radius 2 is 1.96 bits per heavy atom. The Bertz CT molecular complexity index is 470. The summed E-state index contributed by atoms with van der Waals surface area (Å²) in [4.78, 5) is 16.7. The number of ether oxygens (including phenoxy) is 1. The largest absolute Gasteiger partial charge is 0.462 e. The molecule has 1 aliphatic rings. The summed E-state index contributed by atoms with van der Waals surface area (Å²) in [6.45, 7) is 8.07. The van der Waals surface area contributed by atoms with Gasteiger partial charge in [-0.3, -0.25) is 9.79 Å². The van der Waals surface area contributed by atoms with Crippen LogP contribution in [0, 0.1) is 11.3 Å². The van der Waals surface area contributed by atoms with E-state index in [-0.39, 0.29) is 24.3 Å². The van der Waals surface area contributed by atoms with E-state index in [1.807, 2.05) is 13.8 Å². The highest BCUT2D eigenvalue weighted by Gasteiger charge is 2.25. The first-order chi connectivity index (χ1) is 12.3. The lowest BCUT2D eigenvalue weighted by Crippen LogP contribution is -2.40. The van der Waals surface area contributed by atoms with E-state index in [9.17, 15) is 4.79 Å². The van der Waals surface area contributed by atoms with Crippen molar-refractivity contribution in [1.82, 2.24) is 5.32 Å². The van der Waals surface area contributed by atoms with Gasteiger partial charge in [0.05, 0.1) is 6.10 Å². The average molecular weight is 367 g/mol. The molecule has 1 rings (SSSR count). The van der Waals surface area contributed by atoms with Crippen molar-refractivity contribution >= 4 is 17.5 Å². The molecule has 26 heavy (non-hydrogen) atoms. The van der Waals surface area contributed by atoms with Crippen LogP contribution in [0.1, 0.15) is 79.1 Å². The fourth-order valence-corrected chi connectivity index (χ4v) is 3.40. The molecule has 2 unspecified atom stereocenters.